The highest BCUT2D eigenvalue weighted by molar-refractivity contribution is 5.98. The average molecular weight is 358 g/mol. The highest BCUT2D eigenvalue weighted by Gasteiger charge is 2.53. The molecule has 2 amide bonds. The fourth-order valence-corrected chi connectivity index (χ4v) is 4.06. The van der Waals surface area contributed by atoms with E-state index in [1.165, 1.54) is 0 Å². The summed E-state index contributed by atoms with van der Waals surface area (Å²) in [5, 5.41) is 2.94. The summed E-state index contributed by atoms with van der Waals surface area (Å²) >= 11 is 0. The molecule has 5 nitrogen and oxygen atoms in total. The Hall–Kier alpha value is -1.88. The smallest absolute Gasteiger partial charge is 0.256 e. The number of benzene rings is 1. The van der Waals surface area contributed by atoms with Crippen LogP contribution in [0.15, 0.2) is 24.3 Å². The summed E-state index contributed by atoms with van der Waals surface area (Å²) in [5.74, 6) is 0.425. The number of hydrogen-bond acceptors (Lipinski definition) is 3. The Balaban J connectivity index is 1.91. The van der Waals surface area contributed by atoms with Crippen LogP contribution in [0.2, 0.25) is 0 Å². The van der Waals surface area contributed by atoms with Gasteiger partial charge in [-0.2, -0.15) is 0 Å². The van der Waals surface area contributed by atoms with Crippen molar-refractivity contribution in [1.29, 1.82) is 0 Å². The molecule has 142 valence electrons. The summed E-state index contributed by atoms with van der Waals surface area (Å²) in [6.07, 6.45) is 4.49. The predicted molar refractivity (Wildman–Crippen MR) is 101 cm³/mol. The van der Waals surface area contributed by atoms with Gasteiger partial charge in [-0.1, -0.05) is 31.5 Å². The maximum absolute atomic E-state index is 13.4. The standard InChI is InChI=1S/C21H30N2O3/c1-4-12-22-19(24)18-14-26-21(10-8-15(2)9-11-21)23(18)20(25)17-7-5-6-16(3)13-17/h5-7,13,15,18H,4,8-12,14H2,1-3H3,(H,22,24)/t15?,18-,21?/m1/s1. The number of nitrogens with one attached hydrogen (secondary N) is 1. The first-order valence-electron chi connectivity index (χ1n) is 9.79. The molecule has 1 aliphatic carbocycles. The lowest BCUT2D eigenvalue weighted by Gasteiger charge is -2.43. The van der Waals surface area contributed by atoms with E-state index in [1.807, 2.05) is 38.1 Å². The molecule has 1 aliphatic heterocycles. The molecule has 1 saturated carbocycles. The van der Waals surface area contributed by atoms with Crippen LogP contribution in [0.25, 0.3) is 0 Å². The molecule has 1 N–H and O–H groups in total. The average Bonchev–Trinajstić information content (AvgIpc) is 3.00. The molecule has 1 aromatic carbocycles. The summed E-state index contributed by atoms with van der Waals surface area (Å²) in [4.78, 5) is 27.9. The molecule has 5 heteroatoms. The van der Waals surface area contributed by atoms with Gasteiger partial charge in [-0.05, 0) is 57.1 Å². The third-order valence-electron chi connectivity index (χ3n) is 5.65. The van der Waals surface area contributed by atoms with Crippen LogP contribution in [0, 0.1) is 12.8 Å². The molecule has 1 heterocycles. The Labute approximate surface area is 156 Å². The van der Waals surface area contributed by atoms with Crippen LogP contribution in [0.1, 0.15) is 61.9 Å². The highest BCUT2D eigenvalue weighted by Crippen LogP contribution is 2.43. The van der Waals surface area contributed by atoms with E-state index in [-0.39, 0.29) is 18.4 Å². The van der Waals surface area contributed by atoms with Gasteiger partial charge in [-0.3, -0.25) is 14.5 Å². The quantitative estimate of drug-likeness (QED) is 0.899. The Morgan fingerprint density at radius 3 is 2.69 bits per heavy atom. The Bertz CT molecular complexity index is 665. The van der Waals surface area contributed by atoms with Crippen LogP contribution in [0.5, 0.6) is 0 Å². The fraction of sp³-hybridized carbons (Fsp3) is 0.619. The third kappa shape index (κ3) is 3.63. The van der Waals surface area contributed by atoms with Crippen LogP contribution in [-0.4, -0.2) is 41.6 Å². The number of rotatable bonds is 4. The number of hydrogen-bond donors (Lipinski definition) is 1. The number of ether oxygens (including phenoxy) is 1. The molecule has 1 aromatic rings. The van der Waals surface area contributed by atoms with Gasteiger partial charge in [-0.15, -0.1) is 0 Å². The summed E-state index contributed by atoms with van der Waals surface area (Å²) in [5.41, 5.74) is 1.03. The lowest BCUT2D eigenvalue weighted by Crippen LogP contribution is -2.56. The molecule has 0 aromatic heterocycles. The number of carbonyl (C=O) groups is 2. The summed E-state index contributed by atoms with van der Waals surface area (Å²) in [6, 6.07) is 7.03. The van der Waals surface area contributed by atoms with Gasteiger partial charge in [-0.25, -0.2) is 0 Å². The van der Waals surface area contributed by atoms with Crippen LogP contribution >= 0.6 is 0 Å². The van der Waals surface area contributed by atoms with Crippen molar-refractivity contribution >= 4 is 11.8 Å². The van der Waals surface area contributed by atoms with Gasteiger partial charge < -0.3 is 10.1 Å². The second-order valence-corrected chi connectivity index (χ2v) is 7.79. The third-order valence-corrected chi connectivity index (χ3v) is 5.65. The molecule has 2 aliphatic rings. The first-order chi connectivity index (χ1) is 12.5. The van der Waals surface area contributed by atoms with Gasteiger partial charge >= 0.3 is 0 Å². The van der Waals surface area contributed by atoms with Gasteiger partial charge in [0.1, 0.15) is 11.8 Å². The summed E-state index contributed by atoms with van der Waals surface area (Å²) in [7, 11) is 0. The second-order valence-electron chi connectivity index (χ2n) is 7.79. The molecule has 1 atom stereocenters. The number of aryl methyl sites for hydroxylation is 1. The van der Waals surface area contributed by atoms with E-state index in [1.54, 1.807) is 4.90 Å². The van der Waals surface area contributed by atoms with Crippen molar-refractivity contribution in [2.24, 2.45) is 5.92 Å². The van der Waals surface area contributed by atoms with E-state index in [0.29, 0.717) is 18.0 Å². The zero-order valence-electron chi connectivity index (χ0n) is 16.1. The molecule has 0 bridgehead atoms. The minimum absolute atomic E-state index is 0.0996. The predicted octanol–water partition coefficient (Wildman–Crippen LogP) is 3.27. The molecule has 1 spiro atoms. The molecule has 3 rings (SSSR count). The van der Waals surface area contributed by atoms with Crippen molar-refractivity contribution in [3.8, 4) is 0 Å². The first-order valence-corrected chi connectivity index (χ1v) is 9.79. The fourth-order valence-electron chi connectivity index (χ4n) is 4.06. The molecule has 26 heavy (non-hydrogen) atoms. The molecule has 0 radical (unpaired) electrons. The van der Waals surface area contributed by atoms with E-state index in [0.717, 1.165) is 37.7 Å². The largest absolute Gasteiger partial charge is 0.354 e. The van der Waals surface area contributed by atoms with E-state index in [4.69, 9.17) is 4.74 Å². The van der Waals surface area contributed by atoms with Crippen LogP contribution in [0.3, 0.4) is 0 Å². The summed E-state index contributed by atoms with van der Waals surface area (Å²) < 4.78 is 6.17. The van der Waals surface area contributed by atoms with Crippen molar-refractivity contribution in [2.75, 3.05) is 13.2 Å². The van der Waals surface area contributed by atoms with E-state index in [9.17, 15) is 9.59 Å². The monoisotopic (exact) mass is 358 g/mol. The van der Waals surface area contributed by atoms with Gasteiger partial charge in [0, 0.05) is 12.1 Å². The number of amides is 2. The van der Waals surface area contributed by atoms with E-state index < -0.39 is 11.8 Å². The zero-order chi connectivity index (χ0) is 18.7. The van der Waals surface area contributed by atoms with Crippen molar-refractivity contribution in [3.63, 3.8) is 0 Å². The topological polar surface area (TPSA) is 58.6 Å². The molecule has 1 saturated heterocycles. The van der Waals surface area contributed by atoms with Gasteiger partial charge in [0.05, 0.1) is 6.61 Å². The van der Waals surface area contributed by atoms with Crippen molar-refractivity contribution in [3.05, 3.63) is 35.4 Å². The van der Waals surface area contributed by atoms with E-state index in [2.05, 4.69) is 12.2 Å². The lowest BCUT2D eigenvalue weighted by atomic mass is 9.83. The second kappa shape index (κ2) is 7.78. The number of carbonyl (C=O) groups excluding carboxylic acids is 2. The maximum Gasteiger partial charge on any atom is 0.256 e. The molecular formula is C21H30N2O3. The van der Waals surface area contributed by atoms with Gasteiger partial charge in [0.15, 0.2) is 0 Å². The zero-order valence-corrected chi connectivity index (χ0v) is 16.1. The first kappa shape index (κ1) is 18.9. The number of nitrogens with zero attached hydrogens (tertiary/aromatic N) is 1. The normalized spacial score (nSPS) is 28.3. The maximum atomic E-state index is 13.4. The SMILES string of the molecule is CCCNC(=O)[C@H]1COC2(CCC(C)CC2)N1C(=O)c1cccc(C)c1. The molecule has 2 fully saturated rings. The minimum atomic E-state index is -0.637. The lowest BCUT2D eigenvalue weighted by molar-refractivity contribution is -0.127. The molecule has 0 unspecified atom stereocenters. The summed E-state index contributed by atoms with van der Waals surface area (Å²) in [6.45, 7) is 7.12. The van der Waals surface area contributed by atoms with E-state index >= 15 is 0 Å². The Morgan fingerprint density at radius 1 is 1.31 bits per heavy atom. The molecular weight excluding hydrogens is 328 g/mol. The van der Waals surface area contributed by atoms with Gasteiger partial charge in [0.2, 0.25) is 5.91 Å². The van der Waals surface area contributed by atoms with Crippen LogP contribution < -0.4 is 5.32 Å². The minimum Gasteiger partial charge on any atom is -0.354 e. The van der Waals surface area contributed by atoms with Gasteiger partial charge in [0.25, 0.3) is 5.91 Å². The Kier molecular flexibility index (Phi) is 5.66. The van der Waals surface area contributed by atoms with Crippen molar-refractivity contribution < 1.29 is 14.3 Å². The van der Waals surface area contributed by atoms with Crippen LogP contribution in [0.4, 0.5) is 0 Å². The van der Waals surface area contributed by atoms with Crippen molar-refractivity contribution in [2.45, 2.75) is 64.6 Å². The Morgan fingerprint density at radius 2 is 2.04 bits per heavy atom. The van der Waals surface area contributed by atoms with Crippen molar-refractivity contribution in [1.82, 2.24) is 10.2 Å². The van der Waals surface area contributed by atoms with Crippen LogP contribution in [-0.2, 0) is 9.53 Å². The highest BCUT2D eigenvalue weighted by atomic mass is 16.5.